The van der Waals surface area contributed by atoms with Crippen molar-refractivity contribution in [1.29, 1.82) is 0 Å². The largest absolute Gasteiger partial charge is 0.322 e. The second kappa shape index (κ2) is 6.97. The van der Waals surface area contributed by atoms with Gasteiger partial charge in [0, 0.05) is 26.2 Å². The van der Waals surface area contributed by atoms with Gasteiger partial charge in [-0.3, -0.25) is 10.1 Å². The second-order valence-electron chi connectivity index (χ2n) is 9.81. The average molecular weight is 358 g/mol. The number of hydrogen-bond acceptors (Lipinski definition) is 3. The third-order valence-corrected chi connectivity index (χ3v) is 5.72. The predicted octanol–water partition coefficient (Wildman–Crippen LogP) is 3.28. The lowest BCUT2D eigenvalue weighted by Crippen LogP contribution is -2.60. The van der Waals surface area contributed by atoms with E-state index in [-0.39, 0.29) is 17.0 Å². The number of carbonyl (C=O) groups excluding carboxylic acids is 1. The summed E-state index contributed by atoms with van der Waals surface area (Å²) in [5, 5.41) is 3.71. The van der Waals surface area contributed by atoms with E-state index in [1.807, 2.05) is 13.8 Å². The number of carbonyl (C=O) groups is 1. The SMILES string of the molecule is CC(C)(C)CN1C(=O)C(C)(C)NC12CCN(CCc1ccccc1)CC2. The highest BCUT2D eigenvalue weighted by atomic mass is 16.2. The van der Waals surface area contributed by atoms with Crippen LogP contribution in [-0.2, 0) is 11.2 Å². The van der Waals surface area contributed by atoms with Gasteiger partial charge in [-0.05, 0) is 44.1 Å². The van der Waals surface area contributed by atoms with Crippen molar-refractivity contribution >= 4 is 5.91 Å². The molecule has 0 aliphatic carbocycles. The van der Waals surface area contributed by atoms with Crippen molar-refractivity contribution in [3.63, 3.8) is 0 Å². The van der Waals surface area contributed by atoms with Crippen LogP contribution in [0.25, 0.3) is 0 Å². The molecular formula is C22H35N3O. The minimum absolute atomic E-state index is 0.106. The van der Waals surface area contributed by atoms with Crippen molar-refractivity contribution < 1.29 is 4.79 Å². The fourth-order valence-corrected chi connectivity index (χ4v) is 4.41. The van der Waals surface area contributed by atoms with Crippen LogP contribution in [0.4, 0.5) is 0 Å². The number of benzene rings is 1. The Morgan fingerprint density at radius 1 is 1.08 bits per heavy atom. The second-order valence-corrected chi connectivity index (χ2v) is 9.81. The first kappa shape index (κ1) is 19.4. The zero-order valence-corrected chi connectivity index (χ0v) is 17.1. The molecule has 0 radical (unpaired) electrons. The van der Waals surface area contributed by atoms with Gasteiger partial charge in [0.25, 0.3) is 0 Å². The molecule has 1 N–H and O–H groups in total. The monoisotopic (exact) mass is 357 g/mol. The summed E-state index contributed by atoms with van der Waals surface area (Å²) in [6.45, 7) is 14.7. The third-order valence-electron chi connectivity index (χ3n) is 5.72. The lowest BCUT2D eigenvalue weighted by atomic mass is 9.90. The normalized spacial score (nSPS) is 23.0. The molecule has 1 amide bonds. The highest BCUT2D eigenvalue weighted by molar-refractivity contribution is 5.88. The first-order valence-corrected chi connectivity index (χ1v) is 9.99. The maximum atomic E-state index is 13.0. The van der Waals surface area contributed by atoms with Gasteiger partial charge in [-0.1, -0.05) is 51.1 Å². The van der Waals surface area contributed by atoms with Gasteiger partial charge in [-0.25, -0.2) is 0 Å². The molecule has 1 aromatic rings. The lowest BCUT2D eigenvalue weighted by Gasteiger charge is -2.46. The van der Waals surface area contributed by atoms with E-state index in [0.29, 0.717) is 0 Å². The number of likely N-dealkylation sites (tertiary alicyclic amines) is 1. The molecule has 3 rings (SSSR count). The summed E-state index contributed by atoms with van der Waals surface area (Å²) in [4.78, 5) is 17.7. The van der Waals surface area contributed by atoms with Crippen molar-refractivity contribution in [2.75, 3.05) is 26.2 Å². The summed E-state index contributed by atoms with van der Waals surface area (Å²) < 4.78 is 0. The van der Waals surface area contributed by atoms with Crippen LogP contribution in [0.2, 0.25) is 0 Å². The highest BCUT2D eigenvalue weighted by Crippen LogP contribution is 2.38. The fraction of sp³-hybridized carbons (Fsp3) is 0.682. The molecule has 0 atom stereocenters. The topological polar surface area (TPSA) is 35.6 Å². The molecular weight excluding hydrogens is 322 g/mol. The Morgan fingerprint density at radius 2 is 1.69 bits per heavy atom. The van der Waals surface area contributed by atoms with Gasteiger partial charge >= 0.3 is 0 Å². The Hall–Kier alpha value is -1.39. The smallest absolute Gasteiger partial charge is 0.243 e. The van der Waals surface area contributed by atoms with Crippen molar-refractivity contribution in [2.45, 2.75) is 65.1 Å². The van der Waals surface area contributed by atoms with E-state index in [0.717, 1.165) is 45.4 Å². The molecule has 4 nitrogen and oxygen atoms in total. The van der Waals surface area contributed by atoms with Crippen LogP contribution in [0.5, 0.6) is 0 Å². The quantitative estimate of drug-likeness (QED) is 0.898. The minimum Gasteiger partial charge on any atom is -0.322 e. The first-order chi connectivity index (χ1) is 12.1. The molecule has 0 unspecified atom stereocenters. The Balaban J connectivity index is 1.64. The van der Waals surface area contributed by atoms with Crippen LogP contribution >= 0.6 is 0 Å². The number of nitrogens with one attached hydrogen (secondary N) is 1. The Kier molecular flexibility index (Phi) is 5.19. The molecule has 26 heavy (non-hydrogen) atoms. The molecule has 1 spiro atoms. The van der Waals surface area contributed by atoms with Gasteiger partial charge in [0.15, 0.2) is 0 Å². The molecule has 2 aliphatic rings. The molecule has 1 aromatic carbocycles. The minimum atomic E-state index is -0.461. The molecule has 2 heterocycles. The van der Waals surface area contributed by atoms with Crippen molar-refractivity contribution in [1.82, 2.24) is 15.1 Å². The number of nitrogens with zero attached hydrogens (tertiary/aromatic N) is 2. The summed E-state index contributed by atoms with van der Waals surface area (Å²) in [5.41, 5.74) is 0.876. The van der Waals surface area contributed by atoms with E-state index >= 15 is 0 Å². The third kappa shape index (κ3) is 4.12. The number of rotatable bonds is 4. The van der Waals surface area contributed by atoms with E-state index < -0.39 is 5.54 Å². The van der Waals surface area contributed by atoms with Crippen molar-refractivity contribution in [3.05, 3.63) is 35.9 Å². The molecule has 2 saturated heterocycles. The van der Waals surface area contributed by atoms with Gasteiger partial charge < -0.3 is 9.80 Å². The number of piperidine rings is 1. The van der Waals surface area contributed by atoms with Crippen LogP contribution in [0, 0.1) is 5.41 Å². The Labute approximate surface area is 158 Å². The van der Waals surface area contributed by atoms with Crippen molar-refractivity contribution in [3.8, 4) is 0 Å². The average Bonchev–Trinajstić information content (AvgIpc) is 2.74. The predicted molar refractivity (Wildman–Crippen MR) is 107 cm³/mol. The number of hydrogen-bond donors (Lipinski definition) is 1. The van der Waals surface area contributed by atoms with E-state index in [1.54, 1.807) is 0 Å². The number of amides is 1. The molecule has 4 heteroatoms. The fourth-order valence-electron chi connectivity index (χ4n) is 4.41. The molecule has 144 valence electrons. The molecule has 0 saturated carbocycles. The summed E-state index contributed by atoms with van der Waals surface area (Å²) in [5.74, 6) is 0.255. The Bertz CT molecular complexity index is 625. The van der Waals surface area contributed by atoms with Gasteiger partial charge in [0.05, 0.1) is 11.2 Å². The van der Waals surface area contributed by atoms with E-state index in [2.05, 4.69) is 66.2 Å². The van der Waals surface area contributed by atoms with E-state index in [9.17, 15) is 4.79 Å². The summed E-state index contributed by atoms with van der Waals surface area (Å²) >= 11 is 0. The van der Waals surface area contributed by atoms with Crippen molar-refractivity contribution in [2.24, 2.45) is 5.41 Å². The van der Waals surface area contributed by atoms with Gasteiger partial charge in [0.1, 0.15) is 0 Å². The standard InChI is InChI=1S/C22H35N3O/c1-20(2,3)17-25-19(26)21(4,5)23-22(25)12-15-24(16-13-22)14-11-18-9-7-6-8-10-18/h6-10,23H,11-17H2,1-5H3. The molecule has 2 aliphatic heterocycles. The maximum Gasteiger partial charge on any atom is 0.243 e. The van der Waals surface area contributed by atoms with Crippen LogP contribution in [0.15, 0.2) is 30.3 Å². The van der Waals surface area contributed by atoms with Crippen LogP contribution in [0.3, 0.4) is 0 Å². The Morgan fingerprint density at radius 3 is 2.27 bits per heavy atom. The van der Waals surface area contributed by atoms with E-state index in [1.165, 1.54) is 5.56 Å². The molecule has 2 fully saturated rings. The summed E-state index contributed by atoms with van der Waals surface area (Å²) in [6, 6.07) is 10.7. The first-order valence-electron chi connectivity index (χ1n) is 9.99. The van der Waals surface area contributed by atoms with E-state index in [4.69, 9.17) is 0 Å². The van der Waals surface area contributed by atoms with Gasteiger partial charge in [-0.2, -0.15) is 0 Å². The van der Waals surface area contributed by atoms with Gasteiger partial charge in [-0.15, -0.1) is 0 Å². The highest BCUT2D eigenvalue weighted by Gasteiger charge is 2.55. The summed E-state index contributed by atoms with van der Waals surface area (Å²) in [6.07, 6.45) is 3.11. The zero-order valence-electron chi connectivity index (χ0n) is 17.1. The van der Waals surface area contributed by atoms with Crippen LogP contribution < -0.4 is 5.32 Å². The van der Waals surface area contributed by atoms with Gasteiger partial charge in [0.2, 0.25) is 5.91 Å². The lowest BCUT2D eigenvalue weighted by molar-refractivity contribution is -0.137. The van der Waals surface area contributed by atoms with Crippen LogP contribution in [0.1, 0.15) is 53.0 Å². The van der Waals surface area contributed by atoms with Crippen LogP contribution in [-0.4, -0.2) is 53.1 Å². The maximum absolute atomic E-state index is 13.0. The summed E-state index contributed by atoms with van der Waals surface area (Å²) in [7, 11) is 0. The zero-order chi connectivity index (χ0) is 19.0. The molecule has 0 bridgehead atoms. The molecule has 0 aromatic heterocycles.